The predicted octanol–water partition coefficient (Wildman–Crippen LogP) is 7.61. The zero-order chi connectivity index (χ0) is 24.6. The number of ether oxygens (including phenoxy) is 1. The van der Waals surface area contributed by atoms with E-state index in [0.29, 0.717) is 11.5 Å². The third-order valence-electron chi connectivity index (χ3n) is 6.03. The van der Waals surface area contributed by atoms with Crippen molar-refractivity contribution in [3.8, 4) is 28.7 Å². The van der Waals surface area contributed by atoms with E-state index in [-0.39, 0.29) is 17.2 Å². The molecule has 0 aromatic heterocycles. The van der Waals surface area contributed by atoms with Gasteiger partial charge in [0, 0.05) is 17.8 Å². The summed E-state index contributed by atoms with van der Waals surface area (Å²) in [5.74, 6) is 1.49. The molecule has 4 aromatic rings. The van der Waals surface area contributed by atoms with E-state index < -0.39 is 0 Å². The molecule has 3 N–H and O–H groups in total. The number of aryl methyl sites for hydroxylation is 5. The number of aromatic hydroxyl groups is 3. The first-order chi connectivity index (χ1) is 16.2. The summed E-state index contributed by atoms with van der Waals surface area (Å²) in [4.78, 5) is 2.01. The van der Waals surface area contributed by atoms with Crippen molar-refractivity contribution in [1.29, 1.82) is 0 Å². The maximum Gasteiger partial charge on any atom is 0.169 e. The van der Waals surface area contributed by atoms with Crippen LogP contribution in [0.25, 0.3) is 0 Å². The molecule has 4 rings (SSSR count). The SMILES string of the molecule is Cc1cc(C)c(N(c2ccc(Oc3cccc(C)c3O)cc2)c2cc(O)c(C)cc2C)cc1O. The standard InChI is InChI=1S/C29H29NO4/c1-17-7-6-8-28(29(17)33)34-23-11-9-22(10-12-23)30(24-15-26(31)20(4)13-18(24)2)25-16-27(32)21(5)14-19(25)3/h6-16,31-33H,1-5H3. The number of benzene rings is 4. The Kier molecular flexibility index (Phi) is 6.12. The normalized spacial score (nSPS) is 10.9. The van der Waals surface area contributed by atoms with Crippen molar-refractivity contribution in [2.75, 3.05) is 4.90 Å². The van der Waals surface area contributed by atoms with Crippen LogP contribution in [0.3, 0.4) is 0 Å². The first kappa shape index (κ1) is 23.1. The fourth-order valence-corrected chi connectivity index (χ4v) is 4.05. The maximum absolute atomic E-state index is 10.5. The number of hydrogen-bond acceptors (Lipinski definition) is 5. The zero-order valence-corrected chi connectivity index (χ0v) is 20.0. The Hall–Kier alpha value is -4.12. The topological polar surface area (TPSA) is 73.2 Å². The molecule has 0 unspecified atom stereocenters. The summed E-state index contributed by atoms with van der Waals surface area (Å²) in [5.41, 5.74) is 6.75. The van der Waals surface area contributed by atoms with E-state index in [1.54, 1.807) is 18.2 Å². The number of nitrogens with zero attached hydrogens (tertiary/aromatic N) is 1. The highest BCUT2D eigenvalue weighted by Gasteiger charge is 2.20. The predicted molar refractivity (Wildman–Crippen MR) is 136 cm³/mol. The van der Waals surface area contributed by atoms with Crippen molar-refractivity contribution >= 4 is 17.1 Å². The molecule has 4 aromatic carbocycles. The second kappa shape index (κ2) is 9.02. The molecule has 0 fully saturated rings. The van der Waals surface area contributed by atoms with Gasteiger partial charge < -0.3 is 25.0 Å². The molecule has 0 atom stereocenters. The lowest BCUT2D eigenvalue weighted by Gasteiger charge is -2.29. The van der Waals surface area contributed by atoms with E-state index in [4.69, 9.17) is 4.74 Å². The number of phenolic OH excluding ortho intramolecular Hbond substituents is 3. The first-order valence-corrected chi connectivity index (χ1v) is 11.1. The van der Waals surface area contributed by atoms with Gasteiger partial charge in [-0.15, -0.1) is 0 Å². The lowest BCUT2D eigenvalue weighted by Crippen LogP contribution is -2.13. The van der Waals surface area contributed by atoms with Crippen molar-refractivity contribution in [2.24, 2.45) is 0 Å². The van der Waals surface area contributed by atoms with Gasteiger partial charge >= 0.3 is 0 Å². The summed E-state index contributed by atoms with van der Waals surface area (Å²) in [5, 5.41) is 31.2. The lowest BCUT2D eigenvalue weighted by atomic mass is 10.0. The molecule has 0 aliphatic rings. The lowest BCUT2D eigenvalue weighted by molar-refractivity contribution is 0.408. The number of anilines is 3. The van der Waals surface area contributed by atoms with Gasteiger partial charge in [0.05, 0.1) is 11.4 Å². The van der Waals surface area contributed by atoms with Crippen LogP contribution in [0.2, 0.25) is 0 Å². The molecule has 0 saturated carbocycles. The number of phenols is 3. The van der Waals surface area contributed by atoms with Crippen LogP contribution in [0, 0.1) is 34.6 Å². The van der Waals surface area contributed by atoms with Gasteiger partial charge in [-0.3, -0.25) is 0 Å². The van der Waals surface area contributed by atoms with Crippen LogP contribution in [-0.2, 0) is 0 Å². The van der Waals surface area contributed by atoms with Gasteiger partial charge in [0.25, 0.3) is 0 Å². The molecule has 5 heteroatoms. The summed E-state index contributed by atoms with van der Waals surface area (Å²) in [6, 6.07) is 20.2. The third kappa shape index (κ3) is 4.37. The molecule has 0 aliphatic carbocycles. The van der Waals surface area contributed by atoms with E-state index in [1.807, 2.05) is 88.0 Å². The monoisotopic (exact) mass is 455 g/mol. The van der Waals surface area contributed by atoms with E-state index in [2.05, 4.69) is 0 Å². The summed E-state index contributed by atoms with van der Waals surface area (Å²) in [7, 11) is 0. The Morgan fingerprint density at radius 1 is 0.588 bits per heavy atom. The van der Waals surface area contributed by atoms with Gasteiger partial charge in [-0.25, -0.2) is 0 Å². The fraction of sp³-hybridized carbons (Fsp3) is 0.172. The summed E-state index contributed by atoms with van der Waals surface area (Å²) < 4.78 is 5.90. The molecule has 5 nitrogen and oxygen atoms in total. The van der Waals surface area contributed by atoms with E-state index in [0.717, 1.165) is 44.9 Å². The molecule has 0 saturated heterocycles. The van der Waals surface area contributed by atoms with Crippen molar-refractivity contribution < 1.29 is 20.1 Å². The van der Waals surface area contributed by atoms with Crippen molar-refractivity contribution in [3.63, 3.8) is 0 Å². The Bertz CT molecular complexity index is 1300. The van der Waals surface area contributed by atoms with Crippen LogP contribution in [0.4, 0.5) is 17.1 Å². The van der Waals surface area contributed by atoms with Crippen LogP contribution in [0.1, 0.15) is 27.8 Å². The Balaban J connectivity index is 1.81. The van der Waals surface area contributed by atoms with Gasteiger partial charge in [0.2, 0.25) is 0 Å². The van der Waals surface area contributed by atoms with E-state index >= 15 is 0 Å². The van der Waals surface area contributed by atoms with Gasteiger partial charge in [0.1, 0.15) is 17.2 Å². The third-order valence-corrected chi connectivity index (χ3v) is 6.03. The average Bonchev–Trinajstić information content (AvgIpc) is 2.79. The van der Waals surface area contributed by atoms with Gasteiger partial charge in [-0.2, -0.15) is 0 Å². The van der Waals surface area contributed by atoms with Crippen LogP contribution < -0.4 is 9.64 Å². The highest BCUT2D eigenvalue weighted by Crippen LogP contribution is 2.43. The molecule has 0 bridgehead atoms. The molecule has 0 heterocycles. The first-order valence-electron chi connectivity index (χ1n) is 11.1. The van der Waals surface area contributed by atoms with Gasteiger partial charge in [-0.1, -0.05) is 24.3 Å². The fourth-order valence-electron chi connectivity index (χ4n) is 4.05. The average molecular weight is 456 g/mol. The molecule has 0 aliphatic heterocycles. The van der Waals surface area contributed by atoms with Gasteiger partial charge in [-0.05, 0) is 92.8 Å². The molecule has 0 spiro atoms. The number of para-hydroxylation sites is 1. The Morgan fingerprint density at radius 2 is 1.12 bits per heavy atom. The van der Waals surface area contributed by atoms with Gasteiger partial charge in [0.15, 0.2) is 11.5 Å². The van der Waals surface area contributed by atoms with E-state index in [1.165, 1.54) is 0 Å². The quantitative estimate of drug-likeness (QED) is 0.289. The number of rotatable bonds is 5. The smallest absolute Gasteiger partial charge is 0.169 e. The van der Waals surface area contributed by atoms with Crippen molar-refractivity contribution in [1.82, 2.24) is 0 Å². The molecular weight excluding hydrogens is 426 g/mol. The molecule has 174 valence electrons. The number of hydrogen-bond donors (Lipinski definition) is 3. The molecule has 34 heavy (non-hydrogen) atoms. The minimum absolute atomic E-state index is 0.115. The van der Waals surface area contributed by atoms with Crippen molar-refractivity contribution in [3.05, 3.63) is 94.5 Å². The largest absolute Gasteiger partial charge is 0.508 e. The second-order valence-electron chi connectivity index (χ2n) is 8.70. The summed E-state index contributed by atoms with van der Waals surface area (Å²) in [6.45, 7) is 9.55. The Morgan fingerprint density at radius 3 is 1.65 bits per heavy atom. The maximum atomic E-state index is 10.5. The molecule has 0 radical (unpaired) electrons. The minimum Gasteiger partial charge on any atom is -0.508 e. The Labute approximate surface area is 200 Å². The second-order valence-corrected chi connectivity index (χ2v) is 8.70. The van der Waals surface area contributed by atoms with E-state index in [9.17, 15) is 15.3 Å². The molecule has 0 amide bonds. The molecular formula is C29H29NO4. The van der Waals surface area contributed by atoms with Crippen LogP contribution in [-0.4, -0.2) is 15.3 Å². The highest BCUT2D eigenvalue weighted by molar-refractivity contribution is 5.82. The zero-order valence-electron chi connectivity index (χ0n) is 20.0. The summed E-state index contributed by atoms with van der Waals surface area (Å²) in [6.07, 6.45) is 0. The van der Waals surface area contributed by atoms with Crippen LogP contribution >= 0.6 is 0 Å². The van der Waals surface area contributed by atoms with Crippen LogP contribution in [0.5, 0.6) is 28.7 Å². The van der Waals surface area contributed by atoms with Crippen LogP contribution in [0.15, 0.2) is 66.7 Å². The highest BCUT2D eigenvalue weighted by atomic mass is 16.5. The van der Waals surface area contributed by atoms with Crippen molar-refractivity contribution in [2.45, 2.75) is 34.6 Å². The minimum atomic E-state index is 0.115. The summed E-state index contributed by atoms with van der Waals surface area (Å²) >= 11 is 0.